The summed E-state index contributed by atoms with van der Waals surface area (Å²) in [6.45, 7) is 1.68. The van der Waals surface area contributed by atoms with E-state index in [1.807, 2.05) is 42.5 Å². The molecule has 1 unspecified atom stereocenters. The van der Waals surface area contributed by atoms with Gasteiger partial charge in [0.05, 0.1) is 11.4 Å². The number of piperidine rings is 1. The van der Waals surface area contributed by atoms with Gasteiger partial charge in [0.15, 0.2) is 5.11 Å². The van der Waals surface area contributed by atoms with Crippen molar-refractivity contribution in [3.05, 3.63) is 101 Å². The first-order valence-electron chi connectivity index (χ1n) is 11.8. The van der Waals surface area contributed by atoms with Crippen molar-refractivity contribution < 1.29 is 4.79 Å². The lowest BCUT2D eigenvalue weighted by Gasteiger charge is -2.35. The van der Waals surface area contributed by atoms with Gasteiger partial charge in [-0.1, -0.05) is 72.3 Å². The van der Waals surface area contributed by atoms with E-state index in [4.69, 9.17) is 28.8 Å². The monoisotopic (exact) mass is 502 g/mol. The zero-order chi connectivity index (χ0) is 24.4. The molecule has 5 rings (SSSR count). The fourth-order valence-corrected chi connectivity index (χ4v) is 5.28. The molecule has 1 fully saturated rings. The van der Waals surface area contributed by atoms with Gasteiger partial charge < -0.3 is 15.1 Å². The maximum Gasteiger partial charge on any atom is 0.272 e. The number of amides is 1. The van der Waals surface area contributed by atoms with Crippen LogP contribution >= 0.6 is 23.8 Å². The molecule has 3 aromatic rings. The zero-order valence-electron chi connectivity index (χ0n) is 19.5. The van der Waals surface area contributed by atoms with Crippen molar-refractivity contribution in [2.75, 3.05) is 25.0 Å². The smallest absolute Gasteiger partial charge is 0.272 e. The highest BCUT2D eigenvalue weighted by molar-refractivity contribution is 7.80. The van der Waals surface area contributed by atoms with Crippen LogP contribution in [-0.4, -0.2) is 47.9 Å². The quantitative estimate of drug-likeness (QED) is 0.498. The van der Waals surface area contributed by atoms with E-state index >= 15 is 0 Å². The number of nitrogens with one attached hydrogen (secondary N) is 1. The van der Waals surface area contributed by atoms with Crippen molar-refractivity contribution in [1.82, 2.24) is 10.2 Å². The Morgan fingerprint density at radius 3 is 2.34 bits per heavy atom. The lowest BCUT2D eigenvalue weighted by molar-refractivity contribution is -0.119. The molecule has 0 saturated carbocycles. The highest BCUT2D eigenvalue weighted by Gasteiger charge is 2.32. The van der Waals surface area contributed by atoms with Crippen molar-refractivity contribution in [2.45, 2.75) is 24.9 Å². The summed E-state index contributed by atoms with van der Waals surface area (Å²) in [6.07, 6.45) is 1.21. The number of hydrogen-bond acceptors (Lipinski definition) is 3. The minimum atomic E-state index is -0.833. The molecule has 0 aromatic heterocycles. The number of benzene rings is 3. The van der Waals surface area contributed by atoms with E-state index in [-0.39, 0.29) is 5.91 Å². The lowest BCUT2D eigenvalue weighted by Crippen LogP contribution is -2.52. The third-order valence-electron chi connectivity index (χ3n) is 6.76. The van der Waals surface area contributed by atoms with E-state index in [1.165, 1.54) is 5.56 Å². The van der Waals surface area contributed by atoms with Gasteiger partial charge in [-0.15, -0.1) is 0 Å². The van der Waals surface area contributed by atoms with E-state index in [9.17, 15) is 4.79 Å². The van der Waals surface area contributed by atoms with E-state index in [0.29, 0.717) is 21.8 Å². The molecule has 7 heteroatoms. The van der Waals surface area contributed by atoms with Crippen LogP contribution in [-0.2, 0) is 4.79 Å². The van der Waals surface area contributed by atoms with Gasteiger partial charge in [0, 0.05) is 36.3 Å². The van der Waals surface area contributed by atoms with Crippen LogP contribution in [0.1, 0.15) is 35.4 Å². The van der Waals surface area contributed by atoms with Gasteiger partial charge in [-0.3, -0.25) is 4.79 Å². The molecule has 3 aromatic carbocycles. The lowest BCUT2D eigenvalue weighted by atomic mass is 9.90. The topological polar surface area (TPSA) is 47.9 Å². The summed E-state index contributed by atoms with van der Waals surface area (Å²) in [4.78, 5) is 22.1. The van der Waals surface area contributed by atoms with Gasteiger partial charge >= 0.3 is 0 Å². The molecule has 1 amide bonds. The Morgan fingerprint density at radius 2 is 1.66 bits per heavy atom. The Hall–Kier alpha value is -3.22. The van der Waals surface area contributed by atoms with Gasteiger partial charge in [-0.05, 0) is 54.7 Å². The molecule has 0 bridgehead atoms. The number of aliphatic imine (C=N–C) groups is 1. The largest absolute Gasteiger partial charge is 0.349 e. The van der Waals surface area contributed by atoms with Crippen LogP contribution in [0.2, 0.25) is 5.02 Å². The summed E-state index contributed by atoms with van der Waals surface area (Å²) in [6, 6.07) is 26.0. The highest BCUT2D eigenvalue weighted by Crippen LogP contribution is 2.31. The normalized spacial score (nSPS) is 18.5. The first kappa shape index (κ1) is 23.5. The summed E-state index contributed by atoms with van der Waals surface area (Å²) in [5.74, 6) is 0.365. The number of thiocarbonyl (C=S) groups is 1. The molecule has 35 heavy (non-hydrogen) atoms. The number of likely N-dealkylation sites (N-methyl/N-ethyl adjacent to an activating group) is 1. The van der Waals surface area contributed by atoms with Crippen molar-refractivity contribution >= 4 is 46.2 Å². The Balaban J connectivity index is 1.39. The number of anilines is 1. The average molecular weight is 503 g/mol. The molecule has 5 nitrogen and oxygen atoms in total. The van der Waals surface area contributed by atoms with Gasteiger partial charge in [-0.25, -0.2) is 4.99 Å². The predicted octanol–water partition coefficient (Wildman–Crippen LogP) is 5.23. The minimum absolute atomic E-state index is 0.166. The van der Waals surface area contributed by atoms with Crippen molar-refractivity contribution in [3.63, 3.8) is 0 Å². The van der Waals surface area contributed by atoms with Crippen LogP contribution in [0.4, 0.5) is 5.69 Å². The molecule has 0 radical (unpaired) electrons. The number of hydrogen-bond donors (Lipinski definition) is 1. The van der Waals surface area contributed by atoms with E-state index in [2.05, 4.69) is 40.5 Å². The maximum atomic E-state index is 13.5. The van der Waals surface area contributed by atoms with Gasteiger partial charge in [-0.2, -0.15) is 0 Å². The van der Waals surface area contributed by atoms with Crippen molar-refractivity contribution in [3.8, 4) is 0 Å². The molecule has 0 spiro atoms. The minimum Gasteiger partial charge on any atom is -0.349 e. The average Bonchev–Trinajstić information content (AvgIpc) is 3.00. The summed E-state index contributed by atoms with van der Waals surface area (Å²) in [7, 11) is 1.77. The molecule has 1 saturated heterocycles. The number of likely N-dealkylation sites (tertiary alicyclic amines) is 1. The van der Waals surface area contributed by atoms with Crippen LogP contribution in [0, 0.1) is 0 Å². The Bertz CT molecular complexity index is 1260. The molecule has 0 aliphatic carbocycles. The van der Waals surface area contributed by atoms with Crippen LogP contribution in [0.25, 0.3) is 0 Å². The van der Waals surface area contributed by atoms with Crippen LogP contribution in [0.15, 0.2) is 83.9 Å². The Labute approximate surface area is 216 Å². The number of rotatable bonds is 3. The first-order valence-corrected chi connectivity index (χ1v) is 12.6. The molecule has 2 aliphatic heterocycles. The highest BCUT2D eigenvalue weighted by atomic mass is 35.5. The van der Waals surface area contributed by atoms with E-state index in [1.54, 1.807) is 18.0 Å². The second-order valence-corrected chi connectivity index (χ2v) is 9.75. The SMILES string of the molecule is CN1C(=O)C(NC(=S)N2CCC(c3ccccc3)CC2)N=C(c2ccccc2)c2cc(Cl)ccc21. The summed E-state index contributed by atoms with van der Waals surface area (Å²) < 4.78 is 0. The number of carbonyl (C=O) groups is 1. The number of halogens is 1. The van der Waals surface area contributed by atoms with E-state index in [0.717, 1.165) is 42.7 Å². The van der Waals surface area contributed by atoms with E-state index < -0.39 is 6.17 Å². The van der Waals surface area contributed by atoms with Crippen molar-refractivity contribution in [2.24, 2.45) is 4.99 Å². The molecular formula is C28H27ClN4OS. The van der Waals surface area contributed by atoms with Crippen molar-refractivity contribution in [1.29, 1.82) is 0 Å². The number of fused-ring (bicyclic) bond motifs is 1. The van der Waals surface area contributed by atoms with Gasteiger partial charge in [0.2, 0.25) is 6.17 Å². The third kappa shape index (κ3) is 4.95. The second-order valence-electron chi connectivity index (χ2n) is 8.93. The van der Waals surface area contributed by atoms with Crippen LogP contribution in [0.5, 0.6) is 0 Å². The van der Waals surface area contributed by atoms with Crippen LogP contribution in [0.3, 0.4) is 0 Å². The zero-order valence-corrected chi connectivity index (χ0v) is 21.1. The molecular weight excluding hydrogens is 476 g/mol. The third-order valence-corrected chi connectivity index (χ3v) is 7.37. The number of nitrogens with zero attached hydrogens (tertiary/aromatic N) is 3. The maximum absolute atomic E-state index is 13.5. The Kier molecular flexibility index (Phi) is 6.84. The predicted molar refractivity (Wildman–Crippen MR) is 146 cm³/mol. The van der Waals surface area contributed by atoms with Gasteiger partial charge in [0.1, 0.15) is 0 Å². The molecule has 2 heterocycles. The Morgan fingerprint density at radius 1 is 1.00 bits per heavy atom. The number of benzodiazepines with no additional fused rings is 1. The molecule has 178 valence electrons. The second kappa shape index (κ2) is 10.2. The molecule has 1 N–H and O–H groups in total. The van der Waals surface area contributed by atoms with Gasteiger partial charge in [0.25, 0.3) is 5.91 Å². The molecule has 1 atom stereocenters. The summed E-state index contributed by atoms with van der Waals surface area (Å²) in [5.41, 5.74) is 4.59. The standard InChI is InChI=1S/C28H27ClN4OS/c1-32-24-13-12-22(29)18-23(24)25(21-10-6-3-7-11-21)30-26(27(32)34)31-28(35)33-16-14-20(15-17-33)19-8-4-2-5-9-19/h2-13,18,20,26H,14-17H2,1H3,(H,31,35). The summed E-state index contributed by atoms with van der Waals surface area (Å²) in [5, 5.41) is 4.41. The summed E-state index contributed by atoms with van der Waals surface area (Å²) >= 11 is 12.1. The fraction of sp³-hybridized carbons (Fsp3) is 0.250. The first-order chi connectivity index (χ1) is 17.0. The van der Waals surface area contributed by atoms with Crippen LogP contribution < -0.4 is 10.2 Å². The number of carbonyl (C=O) groups excluding carboxylic acids is 1. The fourth-order valence-electron chi connectivity index (χ4n) is 4.82. The molecule has 2 aliphatic rings.